The predicted molar refractivity (Wildman–Crippen MR) is 74.0 cm³/mol. The lowest BCUT2D eigenvalue weighted by molar-refractivity contribution is 0.581. The number of thioether (sulfide) groups is 1. The third kappa shape index (κ3) is 2.63. The van der Waals surface area contributed by atoms with Crippen molar-refractivity contribution in [3.8, 4) is 10.8 Å². The molecule has 0 radical (unpaired) electrons. The van der Waals surface area contributed by atoms with E-state index < -0.39 is 0 Å². The lowest BCUT2D eigenvalue weighted by atomic mass is 10.5. The van der Waals surface area contributed by atoms with Crippen LogP contribution in [0.5, 0.6) is 0 Å². The van der Waals surface area contributed by atoms with Crippen LogP contribution in [0.4, 0.5) is 0 Å². The van der Waals surface area contributed by atoms with Gasteiger partial charge in [0, 0.05) is 11.1 Å². The molecule has 0 aliphatic carbocycles. The van der Waals surface area contributed by atoms with Gasteiger partial charge in [-0.15, -0.1) is 21.5 Å². The molecule has 0 N–H and O–H groups in total. The topological polar surface area (TPSA) is 51.8 Å². The van der Waals surface area contributed by atoms with E-state index in [1.54, 1.807) is 40.7 Å². The van der Waals surface area contributed by atoms with Gasteiger partial charge in [0.15, 0.2) is 15.1 Å². The molecule has 0 aromatic carbocycles. The average molecular weight is 295 g/mol. The van der Waals surface area contributed by atoms with Crippen LogP contribution in [0, 0.1) is 6.92 Å². The summed E-state index contributed by atoms with van der Waals surface area (Å²) in [5.41, 5.74) is 1.05. The van der Waals surface area contributed by atoms with Gasteiger partial charge in [-0.3, -0.25) is 0 Å². The summed E-state index contributed by atoms with van der Waals surface area (Å²) in [6.07, 6.45) is 1.66. The third-order valence-corrected chi connectivity index (χ3v) is 5.05. The number of aromatic nitrogens is 3. The largest absolute Gasteiger partial charge is 0.462 e. The van der Waals surface area contributed by atoms with Crippen LogP contribution in [0.15, 0.2) is 32.5 Å². The fraction of sp³-hybridized carbons (Fsp3) is 0.182. The van der Waals surface area contributed by atoms with Gasteiger partial charge in [0.25, 0.3) is 0 Å². The number of thiazole rings is 1. The van der Waals surface area contributed by atoms with E-state index in [0.717, 1.165) is 31.6 Å². The molecule has 0 atom stereocenters. The van der Waals surface area contributed by atoms with Crippen LogP contribution in [-0.4, -0.2) is 15.2 Å². The highest BCUT2D eigenvalue weighted by Gasteiger charge is 2.08. The normalized spacial score (nSPS) is 10.9. The Morgan fingerprint density at radius 3 is 3.06 bits per heavy atom. The number of nitrogens with zero attached hydrogens (tertiary/aromatic N) is 3. The van der Waals surface area contributed by atoms with Crippen LogP contribution in [0.25, 0.3) is 10.8 Å². The van der Waals surface area contributed by atoms with Crippen molar-refractivity contribution in [2.75, 3.05) is 0 Å². The van der Waals surface area contributed by atoms with Crippen molar-refractivity contribution in [1.29, 1.82) is 0 Å². The van der Waals surface area contributed by atoms with Crippen molar-refractivity contribution in [2.45, 2.75) is 17.0 Å². The maximum absolute atomic E-state index is 5.32. The maximum Gasteiger partial charge on any atom is 0.174 e. The summed E-state index contributed by atoms with van der Waals surface area (Å²) in [6, 6.07) is 3.79. The molecule has 18 heavy (non-hydrogen) atoms. The molecule has 0 unspecified atom stereocenters. The van der Waals surface area contributed by atoms with Crippen LogP contribution in [-0.2, 0) is 5.75 Å². The van der Waals surface area contributed by atoms with Crippen molar-refractivity contribution in [3.63, 3.8) is 0 Å². The molecule has 0 aliphatic rings. The minimum atomic E-state index is 0.811. The minimum Gasteiger partial charge on any atom is -0.462 e. The molecule has 0 spiro atoms. The molecule has 92 valence electrons. The Morgan fingerprint density at radius 2 is 2.33 bits per heavy atom. The molecule has 3 heterocycles. The SMILES string of the molecule is Cc1nnc(SCc2csc(-c3ccco3)n2)s1. The van der Waals surface area contributed by atoms with Gasteiger partial charge < -0.3 is 4.42 Å². The van der Waals surface area contributed by atoms with Gasteiger partial charge in [-0.1, -0.05) is 23.1 Å². The van der Waals surface area contributed by atoms with Gasteiger partial charge in [-0.2, -0.15) is 0 Å². The molecule has 0 saturated carbocycles. The smallest absolute Gasteiger partial charge is 0.174 e. The van der Waals surface area contributed by atoms with Gasteiger partial charge >= 0.3 is 0 Å². The quantitative estimate of drug-likeness (QED) is 0.684. The van der Waals surface area contributed by atoms with Gasteiger partial charge in [-0.25, -0.2) is 4.98 Å². The number of hydrogen-bond donors (Lipinski definition) is 0. The highest BCUT2D eigenvalue weighted by molar-refractivity contribution is 8.00. The molecular formula is C11H9N3OS3. The molecule has 0 aliphatic heterocycles. The first-order valence-corrected chi connectivity index (χ1v) is 7.90. The van der Waals surface area contributed by atoms with Crippen LogP contribution in [0.3, 0.4) is 0 Å². The van der Waals surface area contributed by atoms with Crippen molar-refractivity contribution in [2.24, 2.45) is 0 Å². The second-order valence-corrected chi connectivity index (χ2v) is 6.76. The number of rotatable bonds is 4. The highest BCUT2D eigenvalue weighted by atomic mass is 32.2. The highest BCUT2D eigenvalue weighted by Crippen LogP contribution is 2.29. The summed E-state index contributed by atoms with van der Waals surface area (Å²) in [6.45, 7) is 1.96. The zero-order valence-electron chi connectivity index (χ0n) is 9.49. The second kappa shape index (κ2) is 5.21. The van der Waals surface area contributed by atoms with E-state index in [2.05, 4.69) is 20.6 Å². The number of furan rings is 1. The fourth-order valence-electron chi connectivity index (χ4n) is 1.36. The molecule has 3 aromatic heterocycles. The van der Waals surface area contributed by atoms with E-state index in [9.17, 15) is 0 Å². The Morgan fingerprint density at radius 1 is 1.39 bits per heavy atom. The van der Waals surface area contributed by atoms with E-state index in [1.807, 2.05) is 19.1 Å². The van der Waals surface area contributed by atoms with E-state index >= 15 is 0 Å². The lowest BCUT2D eigenvalue weighted by Gasteiger charge is -1.92. The van der Waals surface area contributed by atoms with Gasteiger partial charge in [0.2, 0.25) is 0 Å². The van der Waals surface area contributed by atoms with Crippen LogP contribution in [0.1, 0.15) is 10.7 Å². The Bertz CT molecular complexity index is 630. The van der Waals surface area contributed by atoms with Crippen molar-refractivity contribution in [1.82, 2.24) is 15.2 Å². The molecule has 7 heteroatoms. The van der Waals surface area contributed by atoms with Gasteiger partial charge in [0.05, 0.1) is 12.0 Å². The summed E-state index contributed by atoms with van der Waals surface area (Å²) in [5.74, 6) is 1.63. The van der Waals surface area contributed by atoms with Gasteiger partial charge in [0.1, 0.15) is 5.01 Å². The summed E-state index contributed by atoms with van der Waals surface area (Å²) in [5, 5.41) is 12.0. The zero-order chi connectivity index (χ0) is 12.4. The third-order valence-electron chi connectivity index (χ3n) is 2.13. The standard InChI is InChI=1S/C11H9N3OS3/c1-7-13-14-11(18-7)17-6-8-5-16-10(12-8)9-3-2-4-15-9/h2-5H,6H2,1H3. The van der Waals surface area contributed by atoms with Crippen molar-refractivity contribution < 1.29 is 4.42 Å². The molecule has 3 aromatic rings. The predicted octanol–water partition coefficient (Wildman–Crippen LogP) is 3.86. The molecule has 0 fully saturated rings. The molecule has 3 rings (SSSR count). The summed E-state index contributed by atoms with van der Waals surface area (Å²) in [7, 11) is 0. The summed E-state index contributed by atoms with van der Waals surface area (Å²) in [4.78, 5) is 4.53. The fourth-order valence-corrected chi connectivity index (χ4v) is 3.96. The summed E-state index contributed by atoms with van der Waals surface area (Å²) < 4.78 is 6.31. The zero-order valence-corrected chi connectivity index (χ0v) is 11.9. The second-order valence-electron chi connectivity index (χ2n) is 3.50. The Kier molecular flexibility index (Phi) is 3.44. The molecular weight excluding hydrogens is 286 g/mol. The van der Waals surface area contributed by atoms with Crippen LogP contribution in [0.2, 0.25) is 0 Å². The maximum atomic E-state index is 5.32. The van der Waals surface area contributed by atoms with E-state index in [1.165, 1.54) is 0 Å². The molecule has 0 bridgehead atoms. The number of hydrogen-bond acceptors (Lipinski definition) is 7. The first-order chi connectivity index (χ1) is 8.81. The number of aryl methyl sites for hydroxylation is 1. The van der Waals surface area contributed by atoms with Crippen molar-refractivity contribution in [3.05, 3.63) is 34.5 Å². The average Bonchev–Trinajstić information content (AvgIpc) is 3.07. The monoisotopic (exact) mass is 295 g/mol. The Hall–Kier alpha value is -1.18. The molecule has 4 nitrogen and oxygen atoms in total. The van der Waals surface area contributed by atoms with Gasteiger partial charge in [-0.05, 0) is 19.1 Å². The Balaban J connectivity index is 1.67. The first-order valence-electron chi connectivity index (χ1n) is 5.22. The molecule has 0 saturated heterocycles. The van der Waals surface area contributed by atoms with Crippen LogP contribution >= 0.6 is 34.4 Å². The molecule has 0 amide bonds. The lowest BCUT2D eigenvalue weighted by Crippen LogP contribution is -1.81. The Labute approximate surface area is 116 Å². The summed E-state index contributed by atoms with van der Waals surface area (Å²) >= 11 is 4.87. The minimum absolute atomic E-state index is 0.811. The van der Waals surface area contributed by atoms with Crippen LogP contribution < -0.4 is 0 Å². The van der Waals surface area contributed by atoms with E-state index in [0.29, 0.717) is 0 Å². The van der Waals surface area contributed by atoms with E-state index in [-0.39, 0.29) is 0 Å². The van der Waals surface area contributed by atoms with E-state index in [4.69, 9.17) is 4.42 Å². The van der Waals surface area contributed by atoms with Crippen molar-refractivity contribution >= 4 is 34.4 Å². The first kappa shape index (κ1) is 11.9.